The first-order valence-corrected chi connectivity index (χ1v) is 7.35. The van der Waals surface area contributed by atoms with E-state index < -0.39 is 17.4 Å². The molecule has 1 atom stereocenters. The van der Waals surface area contributed by atoms with E-state index in [0.717, 1.165) is 0 Å². The minimum Gasteiger partial charge on any atom is -0.466 e. The summed E-state index contributed by atoms with van der Waals surface area (Å²) in [4.78, 5) is 28.8. The summed E-state index contributed by atoms with van der Waals surface area (Å²) >= 11 is 5.88. The van der Waals surface area contributed by atoms with Crippen molar-refractivity contribution in [2.45, 2.75) is 19.1 Å². The lowest BCUT2D eigenvalue weighted by molar-refractivity contribution is -0.146. The molecule has 118 valence electrons. The van der Waals surface area contributed by atoms with Gasteiger partial charge in [0, 0.05) is 11.2 Å². The van der Waals surface area contributed by atoms with Gasteiger partial charge < -0.3 is 15.4 Å². The van der Waals surface area contributed by atoms with Gasteiger partial charge in [0.25, 0.3) is 17.4 Å². The monoisotopic (exact) mass is 331 g/mol. The second-order valence-electron chi connectivity index (χ2n) is 5.23. The molecule has 1 aliphatic heterocycles. The predicted octanol–water partition coefficient (Wildman–Crippen LogP) is 2.14. The number of rotatable bonds is 3. The molecule has 7 heteroatoms. The number of carbonyl (C=O) groups excluding carboxylic acids is 2. The third-order valence-corrected chi connectivity index (χ3v) is 3.76. The predicted molar refractivity (Wildman–Crippen MR) is 85.2 cm³/mol. The van der Waals surface area contributed by atoms with Crippen LogP contribution in [0.25, 0.3) is 0 Å². The quantitative estimate of drug-likeness (QED) is 0.844. The summed E-state index contributed by atoms with van der Waals surface area (Å²) in [5.74, 6) is -0.698. The van der Waals surface area contributed by atoms with Gasteiger partial charge in [-0.05, 0) is 37.3 Å². The summed E-state index contributed by atoms with van der Waals surface area (Å²) in [5.41, 5.74) is -0.527. The maximum Gasteiger partial charge on any atom is 0.278 e. The van der Waals surface area contributed by atoms with Gasteiger partial charge in [0.05, 0.1) is 17.9 Å². The molecule has 0 saturated carbocycles. The van der Waals surface area contributed by atoms with Crippen LogP contribution in [-0.2, 0) is 16.1 Å². The number of nitrogens with zero attached hydrogens (tertiary/aromatic N) is 1. The summed E-state index contributed by atoms with van der Waals surface area (Å²) in [6, 6.07) is 10.2. The van der Waals surface area contributed by atoms with Gasteiger partial charge in [-0.3, -0.25) is 14.6 Å². The molecule has 2 amide bonds. The van der Waals surface area contributed by atoms with Crippen molar-refractivity contribution in [1.29, 1.82) is 0 Å². The van der Waals surface area contributed by atoms with E-state index in [1.54, 1.807) is 36.5 Å². The van der Waals surface area contributed by atoms with E-state index in [2.05, 4.69) is 15.6 Å². The van der Waals surface area contributed by atoms with E-state index in [0.29, 0.717) is 22.2 Å². The van der Waals surface area contributed by atoms with E-state index in [1.165, 1.54) is 6.92 Å². The van der Waals surface area contributed by atoms with Crippen LogP contribution in [0.4, 0.5) is 5.69 Å². The van der Waals surface area contributed by atoms with Gasteiger partial charge in [0.1, 0.15) is 5.75 Å². The van der Waals surface area contributed by atoms with Crippen LogP contribution in [0, 0.1) is 0 Å². The SMILES string of the molecule is CC1(C(=O)NCc2ccccn2)Oc2ccc(Cl)cc2NC1=O. The molecular weight excluding hydrogens is 318 g/mol. The zero-order valence-corrected chi connectivity index (χ0v) is 13.1. The smallest absolute Gasteiger partial charge is 0.278 e. The molecule has 2 N–H and O–H groups in total. The van der Waals surface area contributed by atoms with Crippen molar-refractivity contribution in [3.8, 4) is 5.75 Å². The lowest BCUT2D eigenvalue weighted by atomic mass is 10.0. The summed E-state index contributed by atoms with van der Waals surface area (Å²) < 4.78 is 5.63. The van der Waals surface area contributed by atoms with Gasteiger partial charge in [0.2, 0.25) is 0 Å². The van der Waals surface area contributed by atoms with Gasteiger partial charge in [-0.15, -0.1) is 0 Å². The zero-order valence-electron chi connectivity index (χ0n) is 12.3. The first-order chi connectivity index (χ1) is 11.0. The molecule has 1 aromatic carbocycles. The van der Waals surface area contributed by atoms with Crippen molar-refractivity contribution in [1.82, 2.24) is 10.3 Å². The number of anilines is 1. The van der Waals surface area contributed by atoms with Crippen molar-refractivity contribution in [2.75, 3.05) is 5.32 Å². The Morgan fingerprint density at radius 2 is 2.22 bits per heavy atom. The van der Waals surface area contributed by atoms with E-state index in [9.17, 15) is 9.59 Å². The average Bonchev–Trinajstić information content (AvgIpc) is 2.55. The minimum atomic E-state index is -1.66. The Hall–Kier alpha value is -2.60. The molecule has 6 nitrogen and oxygen atoms in total. The fraction of sp³-hybridized carbons (Fsp3) is 0.188. The topological polar surface area (TPSA) is 80.3 Å². The highest BCUT2D eigenvalue weighted by molar-refractivity contribution is 6.31. The first-order valence-electron chi connectivity index (χ1n) is 6.97. The number of halogens is 1. The molecule has 2 aromatic rings. The number of amides is 2. The summed E-state index contributed by atoms with van der Waals surface area (Å²) in [6.45, 7) is 1.63. The summed E-state index contributed by atoms with van der Waals surface area (Å²) in [6.07, 6.45) is 1.63. The van der Waals surface area contributed by atoms with E-state index in [4.69, 9.17) is 16.3 Å². The van der Waals surface area contributed by atoms with E-state index >= 15 is 0 Å². The van der Waals surface area contributed by atoms with E-state index in [-0.39, 0.29) is 6.54 Å². The molecule has 0 aliphatic carbocycles. The Labute approximate surface area is 137 Å². The van der Waals surface area contributed by atoms with Gasteiger partial charge in [-0.25, -0.2) is 0 Å². The van der Waals surface area contributed by atoms with Gasteiger partial charge in [0.15, 0.2) is 0 Å². The molecule has 0 bridgehead atoms. The number of fused-ring (bicyclic) bond motifs is 1. The lowest BCUT2D eigenvalue weighted by Crippen LogP contribution is -2.58. The maximum atomic E-state index is 12.4. The van der Waals surface area contributed by atoms with Crippen LogP contribution in [0.5, 0.6) is 5.75 Å². The number of pyridine rings is 1. The Balaban J connectivity index is 1.77. The zero-order chi connectivity index (χ0) is 16.4. The fourth-order valence-electron chi connectivity index (χ4n) is 2.19. The summed E-state index contributed by atoms with van der Waals surface area (Å²) in [5, 5.41) is 5.78. The molecule has 0 radical (unpaired) electrons. The molecule has 23 heavy (non-hydrogen) atoms. The molecular formula is C16H14ClN3O3. The van der Waals surface area contributed by atoms with Crippen LogP contribution in [0.3, 0.4) is 0 Å². The number of benzene rings is 1. The van der Waals surface area contributed by atoms with Crippen molar-refractivity contribution in [3.05, 3.63) is 53.3 Å². The highest BCUT2D eigenvalue weighted by Crippen LogP contribution is 2.35. The number of carbonyl (C=O) groups is 2. The average molecular weight is 332 g/mol. The molecule has 2 heterocycles. The number of ether oxygens (including phenoxy) is 1. The molecule has 1 aliphatic rings. The second-order valence-corrected chi connectivity index (χ2v) is 5.67. The summed E-state index contributed by atoms with van der Waals surface area (Å²) in [7, 11) is 0. The highest BCUT2D eigenvalue weighted by Gasteiger charge is 2.47. The van der Waals surface area contributed by atoms with Crippen LogP contribution in [-0.4, -0.2) is 22.4 Å². The normalized spacial score (nSPS) is 19.3. The Morgan fingerprint density at radius 1 is 1.39 bits per heavy atom. The maximum absolute atomic E-state index is 12.4. The Kier molecular flexibility index (Phi) is 3.92. The largest absolute Gasteiger partial charge is 0.466 e. The molecule has 0 fully saturated rings. The second kappa shape index (κ2) is 5.89. The van der Waals surface area contributed by atoms with Crippen molar-refractivity contribution in [2.24, 2.45) is 0 Å². The number of nitrogens with one attached hydrogen (secondary N) is 2. The number of hydrogen-bond acceptors (Lipinski definition) is 4. The molecule has 0 saturated heterocycles. The lowest BCUT2D eigenvalue weighted by Gasteiger charge is -2.33. The third-order valence-electron chi connectivity index (χ3n) is 3.53. The van der Waals surface area contributed by atoms with Crippen molar-refractivity contribution < 1.29 is 14.3 Å². The Morgan fingerprint density at radius 3 is 2.96 bits per heavy atom. The minimum absolute atomic E-state index is 0.208. The van der Waals surface area contributed by atoms with Crippen molar-refractivity contribution >= 4 is 29.1 Å². The molecule has 1 unspecified atom stereocenters. The van der Waals surface area contributed by atoms with E-state index in [1.807, 2.05) is 6.07 Å². The fourth-order valence-corrected chi connectivity index (χ4v) is 2.36. The third kappa shape index (κ3) is 2.98. The first kappa shape index (κ1) is 15.3. The highest BCUT2D eigenvalue weighted by atomic mass is 35.5. The van der Waals surface area contributed by atoms with Gasteiger partial charge in [-0.2, -0.15) is 0 Å². The van der Waals surface area contributed by atoms with Crippen LogP contribution >= 0.6 is 11.6 Å². The number of aromatic nitrogens is 1. The molecule has 0 spiro atoms. The van der Waals surface area contributed by atoms with Gasteiger partial charge >= 0.3 is 0 Å². The standard InChI is InChI=1S/C16H14ClN3O3/c1-16(14(21)19-9-11-4-2-3-7-18-11)15(22)20-12-8-10(17)5-6-13(12)23-16/h2-8H,9H2,1H3,(H,19,21)(H,20,22). The molecule has 3 rings (SSSR count). The Bertz CT molecular complexity index is 766. The van der Waals surface area contributed by atoms with Crippen LogP contribution in [0.15, 0.2) is 42.6 Å². The number of hydrogen-bond donors (Lipinski definition) is 2. The molecule has 1 aromatic heterocycles. The van der Waals surface area contributed by atoms with Crippen LogP contribution < -0.4 is 15.4 Å². The van der Waals surface area contributed by atoms with Crippen molar-refractivity contribution in [3.63, 3.8) is 0 Å². The van der Waals surface area contributed by atoms with Gasteiger partial charge in [-0.1, -0.05) is 17.7 Å². The van der Waals surface area contributed by atoms with Crippen LogP contribution in [0.2, 0.25) is 5.02 Å². The van der Waals surface area contributed by atoms with Crippen LogP contribution in [0.1, 0.15) is 12.6 Å².